The molecular formula is C27H28BrNO5. The topological polar surface area (TPSA) is 73.9 Å². The summed E-state index contributed by atoms with van der Waals surface area (Å²) in [6.07, 6.45) is 0.983. The molecule has 1 aliphatic carbocycles. The number of benzene rings is 2. The predicted octanol–water partition coefficient (Wildman–Crippen LogP) is 5.39. The minimum absolute atomic E-state index is 0.0172. The maximum absolute atomic E-state index is 13.7. The van der Waals surface area contributed by atoms with Gasteiger partial charge in [0.2, 0.25) is 0 Å². The molecule has 1 aliphatic heterocycles. The monoisotopic (exact) mass is 525 g/mol. The van der Waals surface area contributed by atoms with E-state index in [1.807, 2.05) is 49.4 Å². The number of ketones is 1. The zero-order chi connectivity index (χ0) is 24.4. The van der Waals surface area contributed by atoms with Gasteiger partial charge in [-0.25, -0.2) is 4.79 Å². The van der Waals surface area contributed by atoms with E-state index >= 15 is 0 Å². The summed E-state index contributed by atoms with van der Waals surface area (Å²) in [7, 11) is 3.20. The Morgan fingerprint density at radius 3 is 2.50 bits per heavy atom. The SMILES string of the molecule is CCOC(=O)C1=C(C)NC2=C(C(=O)C[C@@H](c3ccc(OC)c(OC)c3)C2)[C@H]1c1ccccc1Br. The molecule has 1 N–H and O–H groups in total. The first-order valence-corrected chi connectivity index (χ1v) is 12.1. The Hall–Kier alpha value is -3.06. The number of carbonyl (C=O) groups excluding carboxylic acids is 2. The van der Waals surface area contributed by atoms with Crippen LogP contribution in [0.3, 0.4) is 0 Å². The Balaban J connectivity index is 1.79. The molecule has 0 saturated heterocycles. The van der Waals surface area contributed by atoms with Gasteiger partial charge in [-0.2, -0.15) is 0 Å². The van der Waals surface area contributed by atoms with E-state index in [0.29, 0.717) is 41.2 Å². The quantitative estimate of drug-likeness (QED) is 0.509. The van der Waals surface area contributed by atoms with Crippen LogP contribution >= 0.6 is 15.9 Å². The largest absolute Gasteiger partial charge is 0.493 e. The number of esters is 1. The minimum atomic E-state index is -0.496. The fraction of sp³-hybridized carbons (Fsp3) is 0.333. The summed E-state index contributed by atoms with van der Waals surface area (Å²) >= 11 is 3.63. The van der Waals surface area contributed by atoms with Crippen molar-refractivity contribution >= 4 is 27.7 Å². The van der Waals surface area contributed by atoms with Crippen molar-refractivity contribution in [3.8, 4) is 11.5 Å². The molecular weight excluding hydrogens is 498 g/mol. The number of hydrogen-bond donors (Lipinski definition) is 1. The molecule has 1 heterocycles. The van der Waals surface area contributed by atoms with Gasteiger partial charge in [-0.05, 0) is 55.5 Å². The van der Waals surface area contributed by atoms with Gasteiger partial charge in [0.05, 0.1) is 26.4 Å². The molecule has 34 heavy (non-hydrogen) atoms. The number of methoxy groups -OCH3 is 2. The maximum atomic E-state index is 13.7. The number of halogens is 1. The summed E-state index contributed by atoms with van der Waals surface area (Å²) < 4.78 is 17.1. The van der Waals surface area contributed by atoms with Crippen LogP contribution in [0.4, 0.5) is 0 Å². The fourth-order valence-electron chi connectivity index (χ4n) is 4.88. The van der Waals surface area contributed by atoms with Gasteiger partial charge in [-0.3, -0.25) is 4.79 Å². The molecule has 6 nitrogen and oxygen atoms in total. The first-order valence-electron chi connectivity index (χ1n) is 11.3. The van der Waals surface area contributed by atoms with Gasteiger partial charge in [-0.15, -0.1) is 0 Å². The Labute approximate surface area is 208 Å². The van der Waals surface area contributed by atoms with Crippen LogP contribution in [0, 0.1) is 0 Å². The third kappa shape index (κ3) is 4.37. The van der Waals surface area contributed by atoms with E-state index in [4.69, 9.17) is 14.2 Å². The summed E-state index contributed by atoms with van der Waals surface area (Å²) in [4.78, 5) is 26.7. The van der Waals surface area contributed by atoms with Crippen LogP contribution in [0.2, 0.25) is 0 Å². The van der Waals surface area contributed by atoms with Crippen LogP contribution < -0.4 is 14.8 Å². The van der Waals surface area contributed by atoms with Crippen molar-refractivity contribution in [1.82, 2.24) is 5.32 Å². The number of dihydropyridines is 1. The third-order valence-corrected chi connectivity index (χ3v) is 7.14. The summed E-state index contributed by atoms with van der Waals surface area (Å²) in [5, 5.41) is 3.37. The second-order valence-electron chi connectivity index (χ2n) is 8.37. The van der Waals surface area contributed by atoms with Gasteiger partial charge >= 0.3 is 5.97 Å². The lowest BCUT2D eigenvalue weighted by molar-refractivity contribution is -0.138. The zero-order valence-electron chi connectivity index (χ0n) is 19.7. The van der Waals surface area contributed by atoms with E-state index in [1.54, 1.807) is 21.1 Å². The summed E-state index contributed by atoms with van der Waals surface area (Å²) in [6.45, 7) is 3.91. The average Bonchev–Trinajstić information content (AvgIpc) is 2.83. The number of carbonyl (C=O) groups is 2. The molecule has 2 aromatic rings. The first-order chi connectivity index (χ1) is 16.4. The number of hydrogen-bond acceptors (Lipinski definition) is 6. The van der Waals surface area contributed by atoms with Crippen LogP contribution in [0.1, 0.15) is 49.7 Å². The van der Waals surface area contributed by atoms with Crippen LogP contribution in [-0.2, 0) is 14.3 Å². The highest BCUT2D eigenvalue weighted by atomic mass is 79.9. The number of Topliss-reactive ketones (excluding diaryl/α,β-unsaturated/α-hetero) is 1. The second-order valence-corrected chi connectivity index (χ2v) is 9.23. The molecule has 0 amide bonds. The molecule has 0 unspecified atom stereocenters. The van der Waals surface area contributed by atoms with Crippen LogP contribution in [0.25, 0.3) is 0 Å². The molecule has 4 rings (SSSR count). The highest BCUT2D eigenvalue weighted by Gasteiger charge is 2.42. The normalized spacial score (nSPS) is 20.0. The lowest BCUT2D eigenvalue weighted by Crippen LogP contribution is -2.36. The Morgan fingerprint density at radius 1 is 1.09 bits per heavy atom. The average molecular weight is 526 g/mol. The van der Waals surface area contributed by atoms with Crippen LogP contribution in [-0.4, -0.2) is 32.6 Å². The Morgan fingerprint density at radius 2 is 1.82 bits per heavy atom. The summed E-state index contributed by atoms with van der Waals surface area (Å²) in [5.41, 5.74) is 4.55. The van der Waals surface area contributed by atoms with Crippen LogP contribution in [0.5, 0.6) is 11.5 Å². The number of nitrogens with one attached hydrogen (secondary N) is 1. The molecule has 7 heteroatoms. The standard InChI is InChI=1S/C27H28BrNO5/c1-5-34-27(31)24-15(2)29-20-12-17(16-10-11-22(32-3)23(14-16)33-4)13-21(30)26(20)25(24)18-8-6-7-9-19(18)28/h6-11,14,17,25,29H,5,12-13H2,1-4H3/t17-,25-/m0/s1. The van der Waals surface area contributed by atoms with Crippen molar-refractivity contribution in [3.63, 3.8) is 0 Å². The van der Waals surface area contributed by atoms with Gasteiger partial charge in [0.25, 0.3) is 0 Å². The molecule has 2 atom stereocenters. The molecule has 0 aromatic heterocycles. The van der Waals surface area contributed by atoms with E-state index in [0.717, 1.165) is 21.3 Å². The van der Waals surface area contributed by atoms with E-state index in [9.17, 15) is 9.59 Å². The molecule has 178 valence electrons. The van der Waals surface area contributed by atoms with E-state index in [1.165, 1.54) is 0 Å². The first kappa shape index (κ1) is 24.1. The smallest absolute Gasteiger partial charge is 0.336 e. The lowest BCUT2D eigenvalue weighted by atomic mass is 9.71. The molecule has 0 bridgehead atoms. The molecule has 2 aromatic carbocycles. The molecule has 0 saturated carbocycles. The highest BCUT2D eigenvalue weighted by molar-refractivity contribution is 9.10. The second kappa shape index (κ2) is 10.1. The number of rotatable bonds is 6. The summed E-state index contributed by atoms with van der Waals surface area (Å²) in [6, 6.07) is 13.5. The van der Waals surface area contributed by atoms with E-state index in [2.05, 4.69) is 21.2 Å². The predicted molar refractivity (Wildman–Crippen MR) is 133 cm³/mol. The molecule has 0 spiro atoms. The van der Waals surface area contributed by atoms with Crippen molar-refractivity contribution in [2.75, 3.05) is 20.8 Å². The lowest BCUT2D eigenvalue weighted by Gasteiger charge is -2.37. The van der Waals surface area contributed by atoms with E-state index in [-0.39, 0.29) is 18.3 Å². The van der Waals surface area contributed by atoms with Crippen molar-refractivity contribution in [3.05, 3.63) is 80.6 Å². The van der Waals surface area contributed by atoms with Gasteiger partial charge in [0, 0.05) is 33.8 Å². The Kier molecular flexibility index (Phi) is 7.12. The zero-order valence-corrected chi connectivity index (χ0v) is 21.3. The number of ether oxygens (including phenoxy) is 3. The molecule has 0 fully saturated rings. The highest BCUT2D eigenvalue weighted by Crippen LogP contribution is 2.47. The number of allylic oxidation sites excluding steroid dienone is 3. The van der Waals surface area contributed by atoms with Gasteiger partial charge in [0.1, 0.15) is 0 Å². The molecule has 2 aliphatic rings. The summed E-state index contributed by atoms with van der Waals surface area (Å²) in [5.74, 6) is 0.379. The van der Waals surface area contributed by atoms with Crippen molar-refractivity contribution in [1.29, 1.82) is 0 Å². The van der Waals surface area contributed by atoms with Crippen molar-refractivity contribution in [2.24, 2.45) is 0 Å². The van der Waals surface area contributed by atoms with Gasteiger partial charge < -0.3 is 19.5 Å². The molecule has 0 radical (unpaired) electrons. The third-order valence-electron chi connectivity index (χ3n) is 6.42. The van der Waals surface area contributed by atoms with Gasteiger partial charge in [-0.1, -0.05) is 40.2 Å². The van der Waals surface area contributed by atoms with Crippen molar-refractivity contribution in [2.45, 2.75) is 38.5 Å². The van der Waals surface area contributed by atoms with E-state index < -0.39 is 11.9 Å². The van der Waals surface area contributed by atoms with Gasteiger partial charge in [0.15, 0.2) is 17.3 Å². The maximum Gasteiger partial charge on any atom is 0.336 e. The minimum Gasteiger partial charge on any atom is -0.493 e. The van der Waals surface area contributed by atoms with Crippen LogP contribution in [0.15, 0.2) is 69.5 Å². The fourth-order valence-corrected chi connectivity index (χ4v) is 5.39. The Bertz CT molecular complexity index is 1200. The van der Waals surface area contributed by atoms with Crippen molar-refractivity contribution < 1.29 is 23.8 Å².